The first-order valence-corrected chi connectivity index (χ1v) is 15.1. The van der Waals surface area contributed by atoms with Crippen molar-refractivity contribution in [1.29, 1.82) is 0 Å². The lowest BCUT2D eigenvalue weighted by Gasteiger charge is -2.25. The predicted molar refractivity (Wildman–Crippen MR) is 165 cm³/mol. The number of aromatic carboxylic acids is 1. The first-order valence-electron chi connectivity index (χ1n) is 12.8. The molecule has 1 unspecified atom stereocenters. The molecule has 5 nitrogen and oxygen atoms in total. The smallest absolute Gasteiger partial charge is 0.348 e. The fourth-order valence-electron chi connectivity index (χ4n) is 4.51. The number of aryl methyl sites for hydroxylation is 2. The molecule has 5 rings (SSSR count). The summed E-state index contributed by atoms with van der Waals surface area (Å²) < 4.78 is 22.0. The van der Waals surface area contributed by atoms with Gasteiger partial charge in [0, 0.05) is 20.8 Å². The molecule has 8 heteroatoms. The number of carboxylic acids is 1. The van der Waals surface area contributed by atoms with Gasteiger partial charge in [-0.05, 0) is 80.3 Å². The number of benzene rings is 3. The molecule has 0 saturated heterocycles. The minimum absolute atomic E-state index is 0.157. The number of nitrogens with zero attached hydrogens (tertiary/aromatic N) is 1. The van der Waals surface area contributed by atoms with Gasteiger partial charge >= 0.3 is 5.97 Å². The first-order chi connectivity index (χ1) is 19.2. The Labute approximate surface area is 244 Å². The maximum Gasteiger partial charge on any atom is 0.348 e. The number of hydrogen-bond acceptors (Lipinski definition) is 4. The Balaban J connectivity index is 1.60. The quantitative estimate of drug-likeness (QED) is 0.174. The second kappa shape index (κ2) is 11.8. The summed E-state index contributed by atoms with van der Waals surface area (Å²) in [5.74, 6) is -0.316. The molecule has 204 valence electrons. The fraction of sp³-hybridized carbons (Fsp3) is 0.156. The summed E-state index contributed by atoms with van der Waals surface area (Å²) in [7, 11) is -1.71. The van der Waals surface area contributed by atoms with Gasteiger partial charge in [-0.2, -0.15) is 0 Å². The van der Waals surface area contributed by atoms with Crippen LogP contribution in [0.4, 0.5) is 5.69 Å². The van der Waals surface area contributed by atoms with Gasteiger partial charge in [0.1, 0.15) is 16.2 Å². The third kappa shape index (κ3) is 5.77. The molecular weight excluding hydrogens is 562 g/mol. The highest BCUT2D eigenvalue weighted by Crippen LogP contribution is 2.36. The summed E-state index contributed by atoms with van der Waals surface area (Å²) in [6, 6.07) is 23.1. The van der Waals surface area contributed by atoms with Crippen molar-refractivity contribution in [2.75, 3.05) is 4.31 Å². The van der Waals surface area contributed by atoms with Crippen molar-refractivity contribution >= 4 is 56.5 Å². The fourth-order valence-corrected chi connectivity index (χ4v) is 7.20. The highest BCUT2D eigenvalue weighted by Gasteiger charge is 2.27. The van der Waals surface area contributed by atoms with Gasteiger partial charge in [0.2, 0.25) is 0 Å². The Morgan fingerprint density at radius 2 is 1.85 bits per heavy atom. The number of halogens is 1. The molecule has 1 N–H and O–H groups in total. The second-order valence-corrected chi connectivity index (χ2v) is 12.4. The van der Waals surface area contributed by atoms with E-state index in [1.54, 1.807) is 10.4 Å². The maximum atomic E-state index is 14.3. The lowest BCUT2D eigenvalue weighted by molar-refractivity contribution is 0.0703. The third-order valence-electron chi connectivity index (χ3n) is 6.59. The zero-order chi connectivity index (χ0) is 28.4. The number of carboxylic acid groups (broad SMARTS) is 1. The van der Waals surface area contributed by atoms with Crippen LogP contribution in [0.1, 0.15) is 38.2 Å². The van der Waals surface area contributed by atoms with Gasteiger partial charge in [-0.1, -0.05) is 60.2 Å². The van der Waals surface area contributed by atoms with Crippen LogP contribution in [0.2, 0.25) is 5.02 Å². The number of furan rings is 1. The number of fused-ring (bicyclic) bond motifs is 1. The van der Waals surface area contributed by atoms with Crippen LogP contribution in [0.3, 0.4) is 0 Å². The van der Waals surface area contributed by atoms with Gasteiger partial charge in [0.25, 0.3) is 0 Å². The van der Waals surface area contributed by atoms with Crippen molar-refractivity contribution in [3.05, 3.63) is 116 Å². The molecule has 5 aromatic rings. The second-order valence-electron chi connectivity index (χ2n) is 9.51. The molecule has 0 fully saturated rings. The van der Waals surface area contributed by atoms with Crippen LogP contribution in [0, 0.1) is 13.8 Å². The van der Waals surface area contributed by atoms with Crippen LogP contribution in [-0.4, -0.2) is 15.3 Å². The lowest BCUT2D eigenvalue weighted by Crippen LogP contribution is -2.27. The van der Waals surface area contributed by atoms with E-state index < -0.39 is 17.0 Å². The Kier molecular flexibility index (Phi) is 8.26. The van der Waals surface area contributed by atoms with Crippen molar-refractivity contribution in [2.45, 2.75) is 38.6 Å². The summed E-state index contributed by atoms with van der Waals surface area (Å²) in [6.07, 6.45) is 4.51. The van der Waals surface area contributed by atoms with Gasteiger partial charge in [0.15, 0.2) is 11.0 Å². The van der Waals surface area contributed by atoms with Crippen LogP contribution in [0.15, 0.2) is 94.3 Å². The summed E-state index contributed by atoms with van der Waals surface area (Å²) in [5.41, 5.74) is 4.56. The van der Waals surface area contributed by atoms with E-state index in [0.29, 0.717) is 22.0 Å². The van der Waals surface area contributed by atoms with E-state index in [-0.39, 0.29) is 11.4 Å². The summed E-state index contributed by atoms with van der Waals surface area (Å²) in [6.45, 7) is 5.88. The van der Waals surface area contributed by atoms with Gasteiger partial charge in [-0.15, -0.1) is 11.3 Å². The molecule has 0 aliphatic heterocycles. The van der Waals surface area contributed by atoms with Gasteiger partial charge in [-0.25, -0.2) is 9.00 Å². The molecule has 0 saturated carbocycles. The van der Waals surface area contributed by atoms with Crippen LogP contribution >= 0.6 is 22.9 Å². The van der Waals surface area contributed by atoms with Crippen molar-refractivity contribution < 1.29 is 18.5 Å². The molecule has 3 aromatic carbocycles. The van der Waals surface area contributed by atoms with Crippen LogP contribution in [0.25, 0.3) is 22.3 Å². The van der Waals surface area contributed by atoms with E-state index in [9.17, 15) is 14.1 Å². The maximum absolute atomic E-state index is 14.3. The number of allylic oxidation sites excluding steroid dienone is 2. The molecule has 2 heterocycles. The van der Waals surface area contributed by atoms with E-state index in [4.69, 9.17) is 16.0 Å². The van der Waals surface area contributed by atoms with E-state index >= 15 is 0 Å². The molecule has 0 radical (unpaired) electrons. The molecule has 0 bridgehead atoms. The standard InChI is InChI=1S/C32H28ClNO4S2/c1-4-5-12-25-18-27(31(39-25)32(35)36)34(40(37)30-15-20(2)26(33)14-21(30)3)19-22-9-8-11-23(16-22)29-17-24-10-6-7-13-28(24)38-29/h4-11,13-18H,12,19H2,1-3H3,(H,35,36)/b5-4-. The molecule has 40 heavy (non-hydrogen) atoms. The number of para-hydroxylation sites is 1. The minimum Gasteiger partial charge on any atom is -0.477 e. The van der Waals surface area contributed by atoms with Crippen molar-refractivity contribution in [1.82, 2.24) is 0 Å². The number of anilines is 1. The molecule has 0 aliphatic rings. The third-order valence-corrected chi connectivity index (χ3v) is 9.67. The topological polar surface area (TPSA) is 70.8 Å². The number of rotatable bonds is 9. The number of thiophene rings is 1. The molecule has 0 amide bonds. The van der Waals surface area contributed by atoms with Gasteiger partial charge in [0.05, 0.1) is 17.1 Å². The molecule has 2 aromatic heterocycles. The first kappa shape index (κ1) is 27.9. The van der Waals surface area contributed by atoms with E-state index in [2.05, 4.69) is 0 Å². The molecule has 1 atom stereocenters. The SMILES string of the molecule is C/C=C\Cc1cc(N(Cc2cccc(-c3cc4ccccc4o3)c2)S(=O)c2cc(C)c(Cl)cc2C)c(C(=O)O)s1. The van der Waals surface area contributed by atoms with Crippen LogP contribution in [0.5, 0.6) is 0 Å². The zero-order valence-electron chi connectivity index (χ0n) is 22.3. The normalized spacial score (nSPS) is 12.3. The average molecular weight is 590 g/mol. The summed E-state index contributed by atoms with van der Waals surface area (Å²) >= 11 is 7.54. The van der Waals surface area contributed by atoms with Gasteiger partial charge < -0.3 is 9.52 Å². The molecule has 0 aliphatic carbocycles. The van der Waals surface area contributed by atoms with E-state index in [0.717, 1.165) is 43.9 Å². The monoisotopic (exact) mass is 589 g/mol. The van der Waals surface area contributed by atoms with E-state index in [1.165, 1.54) is 11.3 Å². The molecular formula is C32H28ClNO4S2. The summed E-state index contributed by atoms with van der Waals surface area (Å²) in [5, 5.41) is 11.7. The lowest BCUT2D eigenvalue weighted by atomic mass is 10.1. The Morgan fingerprint density at radius 3 is 2.60 bits per heavy atom. The zero-order valence-corrected chi connectivity index (χ0v) is 24.7. The van der Waals surface area contributed by atoms with Crippen LogP contribution < -0.4 is 4.31 Å². The Hall–Kier alpha value is -3.65. The highest BCUT2D eigenvalue weighted by atomic mass is 35.5. The largest absolute Gasteiger partial charge is 0.477 e. The average Bonchev–Trinajstić information content (AvgIpc) is 3.57. The van der Waals surface area contributed by atoms with Crippen LogP contribution in [-0.2, 0) is 24.0 Å². The number of hydrogen-bond donors (Lipinski definition) is 1. The highest BCUT2D eigenvalue weighted by molar-refractivity contribution is 7.86. The predicted octanol–water partition coefficient (Wildman–Crippen LogP) is 8.98. The Bertz CT molecular complexity index is 1740. The van der Waals surface area contributed by atoms with Gasteiger partial charge in [-0.3, -0.25) is 4.31 Å². The minimum atomic E-state index is -1.71. The van der Waals surface area contributed by atoms with Crippen molar-refractivity contribution in [3.8, 4) is 11.3 Å². The summed E-state index contributed by atoms with van der Waals surface area (Å²) in [4.78, 5) is 14.0. The Morgan fingerprint density at radius 1 is 1.05 bits per heavy atom. The van der Waals surface area contributed by atoms with Crippen molar-refractivity contribution in [2.24, 2.45) is 0 Å². The number of carbonyl (C=O) groups is 1. The van der Waals surface area contributed by atoms with E-state index in [1.807, 2.05) is 99.7 Å². The van der Waals surface area contributed by atoms with Crippen molar-refractivity contribution in [3.63, 3.8) is 0 Å². The molecule has 0 spiro atoms.